The van der Waals surface area contributed by atoms with Crippen molar-refractivity contribution in [2.45, 2.75) is 20.3 Å². The molecule has 2 rings (SSSR count). The van der Waals surface area contributed by atoms with Crippen LogP contribution in [0.25, 0.3) is 10.9 Å². The molecule has 0 aliphatic carbocycles. The molecule has 1 nitrogen and oxygen atoms in total. The first-order chi connectivity index (χ1) is 6.70. The Labute approximate surface area is 88.7 Å². The topological polar surface area (TPSA) is 12.9 Å². The minimum absolute atomic E-state index is 0.776. The van der Waals surface area contributed by atoms with Crippen LogP contribution in [0.1, 0.15) is 18.2 Å². The highest BCUT2D eigenvalue weighted by Gasteiger charge is 2.02. The predicted molar refractivity (Wildman–Crippen MR) is 60.9 cm³/mol. The molecule has 1 aromatic heterocycles. The Balaban J connectivity index is 2.81. The Morgan fingerprint density at radius 1 is 1.29 bits per heavy atom. The molecule has 2 heteroatoms. The van der Waals surface area contributed by atoms with E-state index in [0.717, 1.165) is 22.7 Å². The Kier molecular flexibility index (Phi) is 2.42. The van der Waals surface area contributed by atoms with E-state index >= 15 is 0 Å². The lowest BCUT2D eigenvalue weighted by atomic mass is 10.1. The molecule has 0 fully saturated rings. The Hall–Kier alpha value is -1.08. The van der Waals surface area contributed by atoms with Crippen molar-refractivity contribution in [2.75, 3.05) is 0 Å². The van der Waals surface area contributed by atoms with Gasteiger partial charge in [-0.3, -0.25) is 4.98 Å². The number of fused-ring (bicyclic) bond motifs is 1. The maximum atomic E-state index is 5.96. The van der Waals surface area contributed by atoms with Crippen molar-refractivity contribution in [1.82, 2.24) is 4.98 Å². The van der Waals surface area contributed by atoms with E-state index in [4.69, 9.17) is 11.6 Å². The Morgan fingerprint density at radius 2 is 2.07 bits per heavy atom. The van der Waals surface area contributed by atoms with Crippen molar-refractivity contribution < 1.29 is 0 Å². The van der Waals surface area contributed by atoms with Gasteiger partial charge in [-0.05, 0) is 43.2 Å². The largest absolute Gasteiger partial charge is 0.253 e. The number of pyridine rings is 1. The van der Waals surface area contributed by atoms with Gasteiger partial charge in [0.2, 0.25) is 0 Å². The van der Waals surface area contributed by atoms with Crippen LogP contribution >= 0.6 is 11.6 Å². The monoisotopic (exact) mass is 205 g/mol. The summed E-state index contributed by atoms with van der Waals surface area (Å²) in [5.74, 6) is 0. The number of rotatable bonds is 1. The third-order valence-electron chi connectivity index (χ3n) is 2.37. The molecule has 0 spiro atoms. The average Bonchev–Trinajstić information content (AvgIpc) is 2.17. The van der Waals surface area contributed by atoms with E-state index in [0.29, 0.717) is 0 Å². The lowest BCUT2D eigenvalue weighted by molar-refractivity contribution is 1.12. The molecule has 0 atom stereocenters. The molecular formula is C12H12ClN. The third-order valence-corrected chi connectivity index (χ3v) is 2.60. The van der Waals surface area contributed by atoms with Gasteiger partial charge in [-0.2, -0.15) is 0 Å². The van der Waals surface area contributed by atoms with Gasteiger partial charge >= 0.3 is 0 Å². The quantitative estimate of drug-likeness (QED) is 0.691. The molecule has 0 saturated heterocycles. The SMILES string of the molecule is CCc1cc(C)nc2ccc(Cl)cc12. The fourth-order valence-electron chi connectivity index (χ4n) is 1.71. The smallest absolute Gasteiger partial charge is 0.0708 e. The molecular weight excluding hydrogens is 194 g/mol. The first-order valence-corrected chi connectivity index (χ1v) is 5.14. The normalized spacial score (nSPS) is 10.8. The molecule has 0 N–H and O–H groups in total. The van der Waals surface area contributed by atoms with Crippen LogP contribution in [0.3, 0.4) is 0 Å². The predicted octanol–water partition coefficient (Wildman–Crippen LogP) is 3.76. The van der Waals surface area contributed by atoms with E-state index in [1.807, 2.05) is 25.1 Å². The highest BCUT2D eigenvalue weighted by Crippen LogP contribution is 2.22. The van der Waals surface area contributed by atoms with Crippen LogP contribution in [0, 0.1) is 6.92 Å². The first-order valence-electron chi connectivity index (χ1n) is 4.76. The molecule has 2 aromatic rings. The van der Waals surface area contributed by atoms with Gasteiger partial charge in [0, 0.05) is 16.1 Å². The lowest BCUT2D eigenvalue weighted by Crippen LogP contribution is -1.90. The van der Waals surface area contributed by atoms with Crippen LogP contribution in [0.15, 0.2) is 24.3 Å². The summed E-state index contributed by atoms with van der Waals surface area (Å²) in [6.45, 7) is 4.17. The van der Waals surface area contributed by atoms with Crippen LogP contribution in [0.4, 0.5) is 0 Å². The average molecular weight is 206 g/mol. The Morgan fingerprint density at radius 3 is 2.79 bits per heavy atom. The molecule has 0 aliphatic rings. The van der Waals surface area contributed by atoms with Gasteiger partial charge in [-0.1, -0.05) is 18.5 Å². The van der Waals surface area contributed by atoms with E-state index in [1.54, 1.807) is 0 Å². The van der Waals surface area contributed by atoms with Crippen molar-refractivity contribution in [3.05, 3.63) is 40.5 Å². The van der Waals surface area contributed by atoms with Crippen LogP contribution in [0.2, 0.25) is 5.02 Å². The van der Waals surface area contributed by atoms with Gasteiger partial charge in [0.05, 0.1) is 5.52 Å². The van der Waals surface area contributed by atoms with Gasteiger partial charge < -0.3 is 0 Å². The van der Waals surface area contributed by atoms with Crippen molar-refractivity contribution in [1.29, 1.82) is 0 Å². The van der Waals surface area contributed by atoms with E-state index in [9.17, 15) is 0 Å². The molecule has 72 valence electrons. The Bertz CT molecular complexity index is 477. The summed E-state index contributed by atoms with van der Waals surface area (Å²) in [5.41, 5.74) is 3.41. The van der Waals surface area contributed by atoms with E-state index in [-0.39, 0.29) is 0 Å². The third kappa shape index (κ3) is 1.60. The van der Waals surface area contributed by atoms with E-state index < -0.39 is 0 Å². The van der Waals surface area contributed by atoms with Gasteiger partial charge in [0.25, 0.3) is 0 Å². The molecule has 0 saturated carbocycles. The van der Waals surface area contributed by atoms with Gasteiger partial charge in [-0.25, -0.2) is 0 Å². The molecule has 0 bridgehead atoms. The zero-order valence-electron chi connectivity index (χ0n) is 8.34. The van der Waals surface area contributed by atoms with Crippen LogP contribution < -0.4 is 0 Å². The maximum absolute atomic E-state index is 5.96. The number of hydrogen-bond acceptors (Lipinski definition) is 1. The van der Waals surface area contributed by atoms with E-state index in [1.165, 1.54) is 10.9 Å². The summed E-state index contributed by atoms with van der Waals surface area (Å²) in [5, 5.41) is 1.95. The highest BCUT2D eigenvalue weighted by molar-refractivity contribution is 6.31. The summed E-state index contributed by atoms with van der Waals surface area (Å²) in [6.07, 6.45) is 1.01. The fourth-order valence-corrected chi connectivity index (χ4v) is 1.88. The summed E-state index contributed by atoms with van der Waals surface area (Å²) in [6, 6.07) is 7.97. The minimum Gasteiger partial charge on any atom is -0.253 e. The second kappa shape index (κ2) is 3.58. The number of aromatic nitrogens is 1. The van der Waals surface area contributed by atoms with Crippen LogP contribution in [-0.4, -0.2) is 4.98 Å². The zero-order chi connectivity index (χ0) is 10.1. The van der Waals surface area contributed by atoms with Crippen molar-refractivity contribution in [3.63, 3.8) is 0 Å². The molecule has 1 aromatic carbocycles. The summed E-state index contributed by atoms with van der Waals surface area (Å²) >= 11 is 5.96. The number of benzene rings is 1. The number of halogens is 1. The van der Waals surface area contributed by atoms with Crippen molar-refractivity contribution >= 4 is 22.5 Å². The first kappa shape index (κ1) is 9.47. The number of aryl methyl sites for hydroxylation is 2. The second-order valence-corrected chi connectivity index (χ2v) is 3.87. The zero-order valence-corrected chi connectivity index (χ0v) is 9.10. The number of hydrogen-bond donors (Lipinski definition) is 0. The standard InChI is InChI=1S/C12H12ClN/c1-3-9-6-8(2)14-12-5-4-10(13)7-11(9)12/h4-7H,3H2,1-2H3. The van der Waals surface area contributed by atoms with Crippen molar-refractivity contribution in [3.8, 4) is 0 Å². The maximum Gasteiger partial charge on any atom is 0.0708 e. The van der Waals surface area contributed by atoms with Crippen LogP contribution in [0.5, 0.6) is 0 Å². The fraction of sp³-hybridized carbons (Fsp3) is 0.250. The summed E-state index contributed by atoms with van der Waals surface area (Å²) < 4.78 is 0. The van der Waals surface area contributed by atoms with Gasteiger partial charge in [0.1, 0.15) is 0 Å². The molecule has 0 unspecified atom stereocenters. The molecule has 1 heterocycles. The summed E-state index contributed by atoms with van der Waals surface area (Å²) in [4.78, 5) is 4.47. The van der Waals surface area contributed by atoms with Gasteiger partial charge in [0.15, 0.2) is 0 Å². The highest BCUT2D eigenvalue weighted by atomic mass is 35.5. The van der Waals surface area contributed by atoms with Crippen LogP contribution in [-0.2, 0) is 6.42 Å². The van der Waals surface area contributed by atoms with Gasteiger partial charge in [-0.15, -0.1) is 0 Å². The lowest BCUT2D eigenvalue weighted by Gasteiger charge is -2.05. The molecule has 14 heavy (non-hydrogen) atoms. The van der Waals surface area contributed by atoms with Crippen molar-refractivity contribution in [2.24, 2.45) is 0 Å². The molecule has 0 amide bonds. The number of nitrogens with zero attached hydrogens (tertiary/aromatic N) is 1. The second-order valence-electron chi connectivity index (χ2n) is 3.44. The minimum atomic E-state index is 0.776. The molecule has 0 aliphatic heterocycles. The molecule has 0 radical (unpaired) electrons. The summed E-state index contributed by atoms with van der Waals surface area (Å²) in [7, 11) is 0. The van der Waals surface area contributed by atoms with E-state index in [2.05, 4.69) is 18.0 Å².